The third kappa shape index (κ3) is 4.44. The van der Waals surface area contributed by atoms with Crippen molar-refractivity contribution in [2.75, 3.05) is 0 Å². The van der Waals surface area contributed by atoms with Gasteiger partial charge in [-0.25, -0.2) is 17.6 Å². The Hall–Kier alpha value is -3.20. The standard InChI is InChI=1S/C25H20F6O3/c26-20-13(3-9-18(32)24(20)30)11-34-14-4-1-12(2-5-14)15-6-7-16(22(28)21(15)27)17-8-10-19(33)25(31)23(17)29/h3,6-10,12,14,32-33H,1-2,4-5,11H2. The number of aromatic hydroxyl groups is 2. The van der Waals surface area contributed by atoms with Crippen LogP contribution in [0.3, 0.4) is 0 Å². The second kappa shape index (κ2) is 9.58. The van der Waals surface area contributed by atoms with Crippen molar-refractivity contribution in [2.24, 2.45) is 0 Å². The number of phenols is 2. The molecule has 0 aromatic heterocycles. The van der Waals surface area contributed by atoms with Crippen molar-refractivity contribution in [1.82, 2.24) is 0 Å². The van der Waals surface area contributed by atoms with Crippen molar-refractivity contribution in [2.45, 2.75) is 44.3 Å². The molecule has 1 saturated carbocycles. The smallest absolute Gasteiger partial charge is 0.200 e. The molecule has 0 radical (unpaired) electrons. The summed E-state index contributed by atoms with van der Waals surface area (Å²) in [5, 5.41) is 18.4. The molecule has 0 spiro atoms. The summed E-state index contributed by atoms with van der Waals surface area (Å²) in [4.78, 5) is 0. The van der Waals surface area contributed by atoms with Gasteiger partial charge in [-0.05, 0) is 61.4 Å². The number of phenolic OH excluding ortho intramolecular Hbond substituents is 2. The number of rotatable bonds is 5. The van der Waals surface area contributed by atoms with E-state index in [4.69, 9.17) is 4.74 Å². The van der Waals surface area contributed by atoms with Crippen LogP contribution >= 0.6 is 0 Å². The SMILES string of the molecule is Oc1ccc(COC2CCC(c3ccc(-c4ccc(O)c(F)c4F)c(F)c3F)CC2)c(F)c1F. The molecule has 34 heavy (non-hydrogen) atoms. The van der Waals surface area contributed by atoms with Crippen LogP contribution in [0.4, 0.5) is 26.3 Å². The van der Waals surface area contributed by atoms with Crippen LogP contribution in [0.2, 0.25) is 0 Å². The van der Waals surface area contributed by atoms with Crippen molar-refractivity contribution in [3.63, 3.8) is 0 Å². The lowest BCUT2D eigenvalue weighted by Crippen LogP contribution is -2.21. The van der Waals surface area contributed by atoms with Crippen LogP contribution in [0.15, 0.2) is 36.4 Å². The van der Waals surface area contributed by atoms with Crippen molar-refractivity contribution < 1.29 is 41.3 Å². The predicted molar refractivity (Wildman–Crippen MR) is 111 cm³/mol. The highest BCUT2D eigenvalue weighted by Crippen LogP contribution is 2.39. The van der Waals surface area contributed by atoms with Crippen LogP contribution in [0.5, 0.6) is 11.5 Å². The van der Waals surface area contributed by atoms with Gasteiger partial charge in [-0.3, -0.25) is 0 Å². The van der Waals surface area contributed by atoms with Gasteiger partial charge in [0.1, 0.15) is 0 Å². The zero-order chi connectivity index (χ0) is 24.6. The lowest BCUT2D eigenvalue weighted by molar-refractivity contribution is 0.0116. The molecule has 1 aliphatic carbocycles. The average molecular weight is 482 g/mol. The first-order chi connectivity index (χ1) is 16.2. The first kappa shape index (κ1) is 23.9. The number of ether oxygens (including phenoxy) is 1. The highest BCUT2D eigenvalue weighted by atomic mass is 19.2. The first-order valence-corrected chi connectivity index (χ1v) is 10.6. The molecule has 0 heterocycles. The molecule has 1 aliphatic rings. The van der Waals surface area contributed by atoms with Crippen LogP contribution in [0.25, 0.3) is 11.1 Å². The fraction of sp³-hybridized carbons (Fsp3) is 0.280. The summed E-state index contributed by atoms with van der Waals surface area (Å²) in [6.45, 7) is -0.204. The minimum atomic E-state index is -1.55. The van der Waals surface area contributed by atoms with Gasteiger partial charge in [-0.15, -0.1) is 0 Å². The molecule has 3 aromatic rings. The summed E-state index contributed by atoms with van der Waals surface area (Å²) in [5.41, 5.74) is -0.906. The van der Waals surface area contributed by atoms with Gasteiger partial charge in [-0.1, -0.05) is 12.1 Å². The Morgan fingerprint density at radius 1 is 0.618 bits per heavy atom. The van der Waals surface area contributed by atoms with Crippen LogP contribution in [0, 0.1) is 34.9 Å². The fourth-order valence-corrected chi connectivity index (χ4v) is 4.27. The highest BCUT2D eigenvalue weighted by molar-refractivity contribution is 5.66. The van der Waals surface area contributed by atoms with Gasteiger partial charge >= 0.3 is 0 Å². The van der Waals surface area contributed by atoms with E-state index in [1.165, 1.54) is 18.2 Å². The third-order valence-corrected chi connectivity index (χ3v) is 6.19. The molecule has 0 atom stereocenters. The molecule has 0 saturated heterocycles. The predicted octanol–water partition coefficient (Wildman–Crippen LogP) is 6.84. The second-order valence-corrected chi connectivity index (χ2v) is 8.25. The summed E-state index contributed by atoms with van der Waals surface area (Å²) >= 11 is 0. The molecule has 4 rings (SSSR count). The van der Waals surface area contributed by atoms with E-state index < -0.39 is 57.5 Å². The van der Waals surface area contributed by atoms with Gasteiger partial charge in [0, 0.05) is 16.7 Å². The lowest BCUT2D eigenvalue weighted by Gasteiger charge is -2.29. The first-order valence-electron chi connectivity index (χ1n) is 10.6. The Kier molecular flexibility index (Phi) is 6.74. The van der Waals surface area contributed by atoms with E-state index in [1.807, 2.05) is 0 Å². The fourth-order valence-electron chi connectivity index (χ4n) is 4.27. The summed E-state index contributed by atoms with van der Waals surface area (Å²) in [5.74, 6) is -10.1. The zero-order valence-electron chi connectivity index (χ0n) is 17.7. The lowest BCUT2D eigenvalue weighted by atomic mass is 9.82. The second-order valence-electron chi connectivity index (χ2n) is 8.25. The van der Waals surface area contributed by atoms with Gasteiger partial charge < -0.3 is 14.9 Å². The Morgan fingerprint density at radius 3 is 1.79 bits per heavy atom. The van der Waals surface area contributed by atoms with E-state index in [0.717, 1.165) is 18.2 Å². The number of halogens is 6. The summed E-state index contributed by atoms with van der Waals surface area (Å²) < 4.78 is 90.3. The average Bonchev–Trinajstić information content (AvgIpc) is 2.83. The van der Waals surface area contributed by atoms with Crippen molar-refractivity contribution in [1.29, 1.82) is 0 Å². The minimum absolute atomic E-state index is 0.0426. The molecule has 2 N–H and O–H groups in total. The van der Waals surface area contributed by atoms with Crippen LogP contribution < -0.4 is 0 Å². The molecule has 3 aromatic carbocycles. The molecular weight excluding hydrogens is 462 g/mol. The van der Waals surface area contributed by atoms with E-state index in [0.29, 0.717) is 25.7 Å². The maximum absolute atomic E-state index is 14.9. The topological polar surface area (TPSA) is 49.7 Å². The maximum atomic E-state index is 14.9. The quantitative estimate of drug-likeness (QED) is 0.392. The van der Waals surface area contributed by atoms with E-state index in [1.54, 1.807) is 0 Å². The molecule has 0 amide bonds. The molecule has 0 bridgehead atoms. The van der Waals surface area contributed by atoms with E-state index in [-0.39, 0.29) is 29.8 Å². The largest absolute Gasteiger partial charge is 0.505 e. The van der Waals surface area contributed by atoms with E-state index >= 15 is 0 Å². The molecule has 9 heteroatoms. The maximum Gasteiger partial charge on any atom is 0.200 e. The van der Waals surface area contributed by atoms with Crippen LogP contribution in [0.1, 0.15) is 42.7 Å². The van der Waals surface area contributed by atoms with Crippen molar-refractivity contribution in [3.05, 3.63) is 82.4 Å². The summed E-state index contributed by atoms with van der Waals surface area (Å²) in [6, 6.07) is 6.59. The number of hydrogen-bond acceptors (Lipinski definition) is 3. The van der Waals surface area contributed by atoms with Crippen LogP contribution in [-0.2, 0) is 11.3 Å². The van der Waals surface area contributed by atoms with Gasteiger partial charge in [-0.2, -0.15) is 8.78 Å². The van der Waals surface area contributed by atoms with Gasteiger partial charge in [0.15, 0.2) is 34.8 Å². The highest BCUT2D eigenvalue weighted by Gasteiger charge is 2.28. The van der Waals surface area contributed by atoms with Crippen molar-refractivity contribution >= 4 is 0 Å². The summed E-state index contributed by atoms with van der Waals surface area (Å²) in [7, 11) is 0. The molecule has 0 aliphatic heterocycles. The molecule has 1 fully saturated rings. The van der Waals surface area contributed by atoms with Gasteiger partial charge in [0.2, 0.25) is 11.6 Å². The molecular formula is C25H20F6O3. The monoisotopic (exact) mass is 482 g/mol. The van der Waals surface area contributed by atoms with Gasteiger partial charge in [0.25, 0.3) is 0 Å². The molecule has 0 unspecified atom stereocenters. The van der Waals surface area contributed by atoms with E-state index in [2.05, 4.69) is 0 Å². The molecule has 180 valence electrons. The summed E-state index contributed by atoms with van der Waals surface area (Å²) in [6.07, 6.45) is 1.51. The van der Waals surface area contributed by atoms with E-state index in [9.17, 15) is 36.6 Å². The Balaban J connectivity index is 1.43. The Bertz CT molecular complexity index is 1220. The molecule has 3 nitrogen and oxygen atoms in total. The Morgan fingerprint density at radius 2 is 1.15 bits per heavy atom. The number of benzene rings is 3. The Labute approximate surface area is 191 Å². The number of hydrogen-bond donors (Lipinski definition) is 2. The third-order valence-electron chi connectivity index (χ3n) is 6.19. The van der Waals surface area contributed by atoms with Crippen LogP contribution in [-0.4, -0.2) is 16.3 Å². The minimum Gasteiger partial charge on any atom is -0.505 e. The van der Waals surface area contributed by atoms with Crippen molar-refractivity contribution in [3.8, 4) is 22.6 Å². The normalized spacial score (nSPS) is 18.3. The van der Waals surface area contributed by atoms with Gasteiger partial charge in [0.05, 0.1) is 12.7 Å². The zero-order valence-corrected chi connectivity index (χ0v) is 17.7.